The first-order chi connectivity index (χ1) is 6.27. The summed E-state index contributed by atoms with van der Waals surface area (Å²) < 4.78 is 0. The third kappa shape index (κ3) is 1.63. The number of nitrogens with zero attached hydrogens (tertiary/aromatic N) is 1. The number of fused-ring (bicyclic) bond motifs is 1. The lowest BCUT2D eigenvalue weighted by molar-refractivity contribution is 0.286. The Morgan fingerprint density at radius 3 is 2.31 bits per heavy atom. The van der Waals surface area contributed by atoms with Gasteiger partial charge >= 0.3 is 0 Å². The normalized spacial score (nSPS) is 40.4. The van der Waals surface area contributed by atoms with Crippen LogP contribution >= 0.6 is 0 Å². The average Bonchev–Trinajstić information content (AvgIpc) is 2.58. The fourth-order valence-electron chi connectivity index (χ4n) is 3.52. The fraction of sp³-hybridized carbons (Fsp3) is 1.00. The first-order valence-electron chi connectivity index (χ1n) is 5.96. The molecule has 0 radical (unpaired) electrons. The molecule has 1 aliphatic heterocycles. The third-order valence-electron chi connectivity index (χ3n) is 4.17. The van der Waals surface area contributed by atoms with E-state index >= 15 is 0 Å². The summed E-state index contributed by atoms with van der Waals surface area (Å²) in [5.74, 6) is 4.33. The van der Waals surface area contributed by atoms with Gasteiger partial charge in [-0.1, -0.05) is 33.1 Å². The van der Waals surface area contributed by atoms with Gasteiger partial charge in [-0.15, -0.1) is 0 Å². The molecule has 0 aromatic heterocycles. The molecule has 2 rings (SSSR count). The molecule has 1 saturated carbocycles. The molecule has 13 heavy (non-hydrogen) atoms. The second kappa shape index (κ2) is 3.61. The predicted molar refractivity (Wildman–Crippen MR) is 56.7 cm³/mol. The van der Waals surface area contributed by atoms with Crippen molar-refractivity contribution in [2.75, 3.05) is 20.1 Å². The predicted octanol–water partition coefficient (Wildman–Crippen LogP) is 2.62. The van der Waals surface area contributed by atoms with Crippen LogP contribution in [0.3, 0.4) is 0 Å². The van der Waals surface area contributed by atoms with Gasteiger partial charge in [0.2, 0.25) is 0 Å². The minimum atomic E-state index is 1.05. The number of rotatable bonds is 4. The molecule has 0 aromatic carbocycles. The monoisotopic (exact) mass is 181 g/mol. The van der Waals surface area contributed by atoms with Gasteiger partial charge in [-0.25, -0.2) is 0 Å². The van der Waals surface area contributed by atoms with Crippen molar-refractivity contribution in [3.63, 3.8) is 0 Å². The molecule has 0 amide bonds. The lowest BCUT2D eigenvalue weighted by atomic mass is 9.92. The summed E-state index contributed by atoms with van der Waals surface area (Å²) in [7, 11) is 2.27. The maximum absolute atomic E-state index is 2.50. The Bertz CT molecular complexity index is 166. The molecular weight excluding hydrogens is 158 g/mol. The van der Waals surface area contributed by atoms with Gasteiger partial charge in [0, 0.05) is 13.1 Å². The molecule has 3 unspecified atom stereocenters. The van der Waals surface area contributed by atoms with Crippen molar-refractivity contribution in [1.82, 2.24) is 4.90 Å². The van der Waals surface area contributed by atoms with E-state index in [9.17, 15) is 0 Å². The molecule has 1 nitrogen and oxygen atoms in total. The van der Waals surface area contributed by atoms with E-state index in [1.165, 1.54) is 32.4 Å². The smallest absolute Gasteiger partial charge is 0.00128 e. The molecule has 0 spiro atoms. The number of hydrogen-bond acceptors (Lipinski definition) is 1. The van der Waals surface area contributed by atoms with Crippen LogP contribution in [0, 0.1) is 23.7 Å². The molecule has 2 fully saturated rings. The molecule has 0 aromatic rings. The van der Waals surface area contributed by atoms with Crippen molar-refractivity contribution >= 4 is 0 Å². The minimum absolute atomic E-state index is 1.05. The highest BCUT2D eigenvalue weighted by Crippen LogP contribution is 2.56. The van der Waals surface area contributed by atoms with E-state index in [4.69, 9.17) is 0 Å². The van der Waals surface area contributed by atoms with Gasteiger partial charge in [-0.05, 0) is 30.7 Å². The van der Waals surface area contributed by atoms with Gasteiger partial charge in [0.05, 0.1) is 0 Å². The standard InChI is InChI=1S/C12H23N/c1-4-6-9(5-2)12-10-7-13(3)8-11(10)12/h9-12H,4-8H2,1-3H3. The summed E-state index contributed by atoms with van der Waals surface area (Å²) in [5, 5.41) is 0. The molecule has 1 heteroatoms. The van der Waals surface area contributed by atoms with E-state index in [1.54, 1.807) is 0 Å². The van der Waals surface area contributed by atoms with Crippen molar-refractivity contribution in [1.29, 1.82) is 0 Å². The lowest BCUT2D eigenvalue weighted by Crippen LogP contribution is -2.21. The Labute approximate surface area is 82.5 Å². The Morgan fingerprint density at radius 2 is 1.85 bits per heavy atom. The molecular formula is C12H23N. The van der Waals surface area contributed by atoms with Crippen LogP contribution in [-0.2, 0) is 0 Å². The van der Waals surface area contributed by atoms with Crippen LogP contribution in [0.1, 0.15) is 33.1 Å². The van der Waals surface area contributed by atoms with Crippen LogP contribution in [0.15, 0.2) is 0 Å². The largest absolute Gasteiger partial charge is 0.306 e. The summed E-state index contributed by atoms with van der Waals surface area (Å²) in [6.45, 7) is 7.47. The van der Waals surface area contributed by atoms with Crippen LogP contribution in [0.25, 0.3) is 0 Å². The van der Waals surface area contributed by atoms with E-state index in [1.807, 2.05) is 0 Å². The molecule has 2 aliphatic rings. The number of likely N-dealkylation sites (tertiary alicyclic amines) is 1. The van der Waals surface area contributed by atoms with Crippen LogP contribution in [0.2, 0.25) is 0 Å². The van der Waals surface area contributed by atoms with Crippen LogP contribution in [-0.4, -0.2) is 25.0 Å². The fourth-order valence-corrected chi connectivity index (χ4v) is 3.52. The number of piperidine rings is 1. The topological polar surface area (TPSA) is 3.24 Å². The van der Waals surface area contributed by atoms with Crippen LogP contribution in [0.4, 0.5) is 0 Å². The van der Waals surface area contributed by atoms with E-state index < -0.39 is 0 Å². The van der Waals surface area contributed by atoms with Gasteiger partial charge in [0.15, 0.2) is 0 Å². The van der Waals surface area contributed by atoms with Crippen LogP contribution in [0.5, 0.6) is 0 Å². The van der Waals surface area contributed by atoms with Gasteiger partial charge in [0.1, 0.15) is 0 Å². The summed E-state index contributed by atoms with van der Waals surface area (Å²) in [4.78, 5) is 2.50. The molecule has 76 valence electrons. The highest BCUT2D eigenvalue weighted by molar-refractivity contribution is 5.06. The number of hydrogen-bond donors (Lipinski definition) is 0. The van der Waals surface area contributed by atoms with Gasteiger partial charge < -0.3 is 4.90 Å². The molecule has 0 N–H and O–H groups in total. The molecule has 1 heterocycles. The Kier molecular flexibility index (Phi) is 2.64. The Balaban J connectivity index is 1.84. The summed E-state index contributed by atoms with van der Waals surface area (Å²) in [5.41, 5.74) is 0. The van der Waals surface area contributed by atoms with E-state index in [0.29, 0.717) is 0 Å². The SMILES string of the molecule is CCCC(CC)C1C2CN(C)CC21. The third-order valence-corrected chi connectivity index (χ3v) is 4.17. The summed E-state index contributed by atoms with van der Waals surface area (Å²) in [6.07, 6.45) is 4.26. The Hall–Kier alpha value is -0.0400. The van der Waals surface area contributed by atoms with E-state index in [-0.39, 0.29) is 0 Å². The summed E-state index contributed by atoms with van der Waals surface area (Å²) >= 11 is 0. The zero-order valence-electron chi connectivity index (χ0n) is 9.29. The molecule has 1 aliphatic carbocycles. The van der Waals surface area contributed by atoms with Crippen molar-refractivity contribution in [3.8, 4) is 0 Å². The van der Waals surface area contributed by atoms with Crippen molar-refractivity contribution in [2.24, 2.45) is 23.7 Å². The van der Waals surface area contributed by atoms with Crippen molar-refractivity contribution < 1.29 is 0 Å². The zero-order valence-corrected chi connectivity index (χ0v) is 9.29. The van der Waals surface area contributed by atoms with Crippen molar-refractivity contribution in [3.05, 3.63) is 0 Å². The second-order valence-corrected chi connectivity index (χ2v) is 5.08. The molecule has 3 atom stereocenters. The zero-order chi connectivity index (χ0) is 9.42. The highest BCUT2D eigenvalue weighted by Gasteiger charge is 2.56. The quantitative estimate of drug-likeness (QED) is 0.644. The van der Waals surface area contributed by atoms with Crippen molar-refractivity contribution in [2.45, 2.75) is 33.1 Å². The van der Waals surface area contributed by atoms with E-state index in [0.717, 1.165) is 23.7 Å². The molecule has 1 saturated heterocycles. The van der Waals surface area contributed by atoms with E-state index in [2.05, 4.69) is 25.8 Å². The van der Waals surface area contributed by atoms with Crippen LogP contribution < -0.4 is 0 Å². The van der Waals surface area contributed by atoms with Gasteiger partial charge in [-0.3, -0.25) is 0 Å². The average molecular weight is 181 g/mol. The lowest BCUT2D eigenvalue weighted by Gasteiger charge is -2.19. The first-order valence-corrected chi connectivity index (χ1v) is 5.96. The first kappa shape index (κ1) is 9.51. The minimum Gasteiger partial charge on any atom is -0.306 e. The molecule has 0 bridgehead atoms. The maximum Gasteiger partial charge on any atom is 0.00128 e. The summed E-state index contributed by atoms with van der Waals surface area (Å²) in [6, 6.07) is 0. The Morgan fingerprint density at radius 1 is 1.23 bits per heavy atom. The van der Waals surface area contributed by atoms with Gasteiger partial charge in [-0.2, -0.15) is 0 Å². The maximum atomic E-state index is 2.50. The highest BCUT2D eigenvalue weighted by atomic mass is 15.2. The second-order valence-electron chi connectivity index (χ2n) is 5.08. The van der Waals surface area contributed by atoms with Gasteiger partial charge in [0.25, 0.3) is 0 Å².